The third kappa shape index (κ3) is 6.28. The number of nitriles is 1. The molecule has 1 aliphatic heterocycles. The maximum Gasteiger partial charge on any atom is 0.309 e. The van der Waals surface area contributed by atoms with Crippen LogP contribution in [0.15, 0.2) is 24.3 Å². The molecule has 1 aromatic carbocycles. The van der Waals surface area contributed by atoms with Crippen LogP contribution in [0.4, 0.5) is 10.1 Å². The number of carbonyl (C=O) groups is 3. The van der Waals surface area contributed by atoms with E-state index in [2.05, 4.69) is 0 Å². The molecular formula is C22H28FN3O4. The Morgan fingerprint density at radius 2 is 1.80 bits per heavy atom. The van der Waals surface area contributed by atoms with Crippen LogP contribution in [-0.2, 0) is 19.1 Å². The molecule has 1 saturated heterocycles. The van der Waals surface area contributed by atoms with Crippen LogP contribution in [0.1, 0.15) is 40.0 Å². The van der Waals surface area contributed by atoms with E-state index in [0.717, 1.165) is 0 Å². The van der Waals surface area contributed by atoms with Crippen LogP contribution in [0, 0.1) is 28.5 Å². The maximum atomic E-state index is 13.2. The van der Waals surface area contributed by atoms with Crippen molar-refractivity contribution in [1.29, 1.82) is 5.26 Å². The minimum Gasteiger partial charge on any atom is -0.455 e. The summed E-state index contributed by atoms with van der Waals surface area (Å²) in [4.78, 5) is 40.4. The highest BCUT2D eigenvalue weighted by atomic mass is 19.1. The molecule has 0 atom stereocenters. The fourth-order valence-electron chi connectivity index (χ4n) is 3.30. The molecule has 30 heavy (non-hydrogen) atoms. The van der Waals surface area contributed by atoms with Crippen molar-refractivity contribution in [3.63, 3.8) is 0 Å². The second-order valence-corrected chi connectivity index (χ2v) is 8.35. The van der Waals surface area contributed by atoms with Crippen LogP contribution in [0.2, 0.25) is 0 Å². The summed E-state index contributed by atoms with van der Waals surface area (Å²) in [6.07, 6.45) is 1.08. The number of nitrogens with zero attached hydrogens (tertiary/aromatic N) is 3. The van der Waals surface area contributed by atoms with Gasteiger partial charge in [-0.25, -0.2) is 4.39 Å². The van der Waals surface area contributed by atoms with Gasteiger partial charge in [-0.15, -0.1) is 0 Å². The molecule has 7 nitrogen and oxygen atoms in total. The van der Waals surface area contributed by atoms with Gasteiger partial charge in [0.1, 0.15) is 5.82 Å². The molecule has 0 spiro atoms. The van der Waals surface area contributed by atoms with E-state index in [1.165, 1.54) is 29.2 Å². The number of ether oxygens (including phenoxy) is 1. The minimum absolute atomic E-state index is 0.0527. The van der Waals surface area contributed by atoms with E-state index in [-0.39, 0.29) is 24.8 Å². The third-order valence-corrected chi connectivity index (χ3v) is 4.98. The van der Waals surface area contributed by atoms with Crippen molar-refractivity contribution in [3.05, 3.63) is 30.1 Å². The average Bonchev–Trinajstić information content (AvgIpc) is 2.72. The van der Waals surface area contributed by atoms with Crippen LogP contribution in [0.25, 0.3) is 0 Å². The van der Waals surface area contributed by atoms with Gasteiger partial charge in [0.15, 0.2) is 6.61 Å². The molecule has 0 unspecified atom stereocenters. The lowest BCUT2D eigenvalue weighted by molar-refractivity contribution is -0.155. The van der Waals surface area contributed by atoms with Crippen molar-refractivity contribution in [2.24, 2.45) is 11.3 Å². The molecule has 0 N–H and O–H groups in total. The Hall–Kier alpha value is -2.95. The molecule has 1 heterocycles. The number of carbonyl (C=O) groups excluding carboxylic acids is 3. The first-order valence-electron chi connectivity index (χ1n) is 10.0. The summed E-state index contributed by atoms with van der Waals surface area (Å²) in [5, 5.41) is 8.83. The number of hydrogen-bond donors (Lipinski definition) is 0. The van der Waals surface area contributed by atoms with Gasteiger partial charge in [0.05, 0.1) is 18.4 Å². The highest BCUT2D eigenvalue weighted by Gasteiger charge is 2.33. The summed E-state index contributed by atoms with van der Waals surface area (Å²) in [6.45, 7) is 6.21. The van der Waals surface area contributed by atoms with E-state index in [1.807, 2.05) is 26.8 Å². The zero-order valence-corrected chi connectivity index (χ0v) is 17.7. The summed E-state index contributed by atoms with van der Waals surface area (Å²) in [7, 11) is 0. The molecule has 0 aromatic heterocycles. The molecule has 0 radical (unpaired) electrons. The maximum absolute atomic E-state index is 13.2. The van der Waals surface area contributed by atoms with Gasteiger partial charge in [-0.2, -0.15) is 5.26 Å². The molecule has 0 bridgehead atoms. The zero-order chi connectivity index (χ0) is 22.3. The van der Waals surface area contributed by atoms with E-state index >= 15 is 0 Å². The number of esters is 1. The summed E-state index contributed by atoms with van der Waals surface area (Å²) in [5.41, 5.74) is -0.0331. The highest BCUT2D eigenvalue weighted by molar-refractivity contribution is 5.95. The number of rotatable bonds is 6. The van der Waals surface area contributed by atoms with Gasteiger partial charge >= 0.3 is 5.97 Å². The van der Waals surface area contributed by atoms with Crippen molar-refractivity contribution >= 4 is 23.5 Å². The van der Waals surface area contributed by atoms with Crippen LogP contribution in [0.5, 0.6) is 0 Å². The van der Waals surface area contributed by atoms with Crippen LogP contribution in [0.3, 0.4) is 0 Å². The second kappa shape index (κ2) is 10.2. The Morgan fingerprint density at radius 1 is 1.20 bits per heavy atom. The summed E-state index contributed by atoms with van der Waals surface area (Å²) < 4.78 is 18.4. The Labute approximate surface area is 176 Å². The van der Waals surface area contributed by atoms with Crippen LogP contribution < -0.4 is 4.90 Å². The Kier molecular flexibility index (Phi) is 7.93. The number of halogens is 1. The van der Waals surface area contributed by atoms with Crippen molar-refractivity contribution in [2.45, 2.75) is 40.0 Å². The molecule has 0 saturated carbocycles. The Balaban J connectivity index is 1.89. The summed E-state index contributed by atoms with van der Waals surface area (Å²) in [6, 6.07) is 7.29. The monoisotopic (exact) mass is 417 g/mol. The molecule has 2 amide bonds. The Morgan fingerprint density at radius 3 is 2.33 bits per heavy atom. The normalized spacial score (nSPS) is 14.7. The molecule has 1 fully saturated rings. The first-order chi connectivity index (χ1) is 14.1. The summed E-state index contributed by atoms with van der Waals surface area (Å²) in [5.74, 6) is -1.69. The molecule has 0 aliphatic carbocycles. The lowest BCUT2D eigenvalue weighted by Gasteiger charge is -2.35. The highest BCUT2D eigenvalue weighted by Crippen LogP contribution is 2.24. The van der Waals surface area contributed by atoms with E-state index in [0.29, 0.717) is 31.6 Å². The van der Waals surface area contributed by atoms with Crippen molar-refractivity contribution < 1.29 is 23.5 Å². The lowest BCUT2D eigenvalue weighted by atomic mass is 9.91. The largest absolute Gasteiger partial charge is 0.455 e. The molecule has 2 rings (SSSR count). The van der Waals surface area contributed by atoms with Gasteiger partial charge in [-0.05, 0) is 37.1 Å². The minimum atomic E-state index is -0.481. The molecular weight excluding hydrogens is 389 g/mol. The second-order valence-electron chi connectivity index (χ2n) is 8.35. The fraction of sp³-hybridized carbons (Fsp3) is 0.545. The number of likely N-dealkylation sites (tertiary alicyclic amines) is 1. The SMILES string of the molecule is CC(C)(C)C(=O)N1CCC(C(=O)OCC(=O)N(CCC#N)c2ccc(F)cc2)CC1. The number of piperidine rings is 1. The van der Waals surface area contributed by atoms with Gasteiger partial charge in [0.2, 0.25) is 5.91 Å². The summed E-state index contributed by atoms with van der Waals surface area (Å²) >= 11 is 0. The van der Waals surface area contributed by atoms with Gasteiger partial charge in [0, 0.05) is 30.7 Å². The quantitative estimate of drug-likeness (QED) is 0.664. The van der Waals surface area contributed by atoms with E-state index < -0.39 is 29.7 Å². The molecule has 1 aliphatic rings. The van der Waals surface area contributed by atoms with E-state index in [4.69, 9.17) is 10.00 Å². The Bertz CT molecular complexity index is 803. The van der Waals surface area contributed by atoms with E-state index in [1.54, 1.807) is 4.90 Å². The fourth-order valence-corrected chi connectivity index (χ4v) is 3.30. The zero-order valence-electron chi connectivity index (χ0n) is 17.7. The molecule has 162 valence electrons. The predicted octanol–water partition coefficient (Wildman–Crippen LogP) is 2.90. The first-order valence-corrected chi connectivity index (χ1v) is 10.0. The first kappa shape index (κ1) is 23.3. The number of anilines is 1. The van der Waals surface area contributed by atoms with Crippen molar-refractivity contribution in [1.82, 2.24) is 4.90 Å². The lowest BCUT2D eigenvalue weighted by Crippen LogP contribution is -2.45. The standard InChI is InChI=1S/C22H28FN3O4/c1-22(2,3)21(29)25-13-9-16(10-14-25)20(28)30-15-19(27)26(12-4-11-24)18-7-5-17(23)6-8-18/h5-8,16H,4,9-10,12-15H2,1-3H3. The number of amides is 2. The van der Waals surface area contributed by atoms with Gasteiger partial charge in [0.25, 0.3) is 5.91 Å². The van der Waals surface area contributed by atoms with E-state index in [9.17, 15) is 18.8 Å². The number of benzene rings is 1. The van der Waals surface area contributed by atoms with Gasteiger partial charge in [-0.1, -0.05) is 20.8 Å². The van der Waals surface area contributed by atoms with Gasteiger partial charge in [-0.3, -0.25) is 14.4 Å². The topological polar surface area (TPSA) is 90.7 Å². The predicted molar refractivity (Wildman–Crippen MR) is 109 cm³/mol. The van der Waals surface area contributed by atoms with Crippen molar-refractivity contribution in [3.8, 4) is 6.07 Å². The van der Waals surface area contributed by atoms with Crippen LogP contribution >= 0.6 is 0 Å². The number of hydrogen-bond acceptors (Lipinski definition) is 5. The van der Waals surface area contributed by atoms with Crippen molar-refractivity contribution in [2.75, 3.05) is 31.1 Å². The molecule has 8 heteroatoms. The smallest absolute Gasteiger partial charge is 0.309 e. The third-order valence-electron chi connectivity index (χ3n) is 4.98. The van der Waals surface area contributed by atoms with Crippen LogP contribution in [-0.4, -0.2) is 48.9 Å². The molecule has 1 aromatic rings. The average molecular weight is 417 g/mol. The van der Waals surface area contributed by atoms with Gasteiger partial charge < -0.3 is 14.5 Å².